The van der Waals surface area contributed by atoms with Crippen molar-refractivity contribution in [2.45, 2.75) is 19.9 Å². The molecule has 2 aromatic heterocycles. The topological polar surface area (TPSA) is 34.9 Å². The highest BCUT2D eigenvalue weighted by Crippen LogP contribution is 2.25. The van der Waals surface area contributed by atoms with E-state index in [1.165, 1.54) is 0 Å². The first-order chi connectivity index (χ1) is 8.00. The summed E-state index contributed by atoms with van der Waals surface area (Å²) < 4.78 is 3.60. The molecule has 0 atom stereocenters. The molecule has 0 aromatic carbocycles. The molecular weight excluding hydrogens is 415 g/mol. The van der Waals surface area contributed by atoms with Gasteiger partial charge >= 0.3 is 0 Å². The quantitative estimate of drug-likeness (QED) is 0.548. The highest BCUT2D eigenvalue weighted by atomic mass is 127. The van der Waals surface area contributed by atoms with Gasteiger partial charge in [-0.15, -0.1) is 11.3 Å². The molecule has 0 radical (unpaired) electrons. The van der Waals surface area contributed by atoms with Crippen molar-refractivity contribution in [2.75, 3.05) is 0 Å². The number of aromatic nitrogens is 2. The third-order valence-electron chi connectivity index (χ3n) is 2.28. The number of nitrogens with zero attached hydrogens (tertiary/aromatic N) is 2. The predicted octanol–water partition coefficient (Wildman–Crippen LogP) is 4.12. The SMILES string of the molecule is CC(C)n1ncc(Br)c1C(=O)c1csc(I)c1. The molecule has 0 aliphatic rings. The largest absolute Gasteiger partial charge is 0.287 e. The van der Waals surface area contributed by atoms with Crippen molar-refractivity contribution in [1.82, 2.24) is 9.78 Å². The van der Waals surface area contributed by atoms with Gasteiger partial charge in [0.25, 0.3) is 0 Å². The molecule has 3 nitrogen and oxygen atoms in total. The summed E-state index contributed by atoms with van der Waals surface area (Å²) in [7, 11) is 0. The van der Waals surface area contributed by atoms with Crippen molar-refractivity contribution in [3.63, 3.8) is 0 Å². The van der Waals surface area contributed by atoms with E-state index in [-0.39, 0.29) is 11.8 Å². The van der Waals surface area contributed by atoms with E-state index in [9.17, 15) is 4.79 Å². The van der Waals surface area contributed by atoms with E-state index >= 15 is 0 Å². The van der Waals surface area contributed by atoms with Crippen LogP contribution in [0.15, 0.2) is 22.1 Å². The molecule has 2 aromatic rings. The molecule has 6 heteroatoms. The molecule has 17 heavy (non-hydrogen) atoms. The second kappa shape index (κ2) is 5.19. The lowest BCUT2D eigenvalue weighted by molar-refractivity contribution is 0.102. The predicted molar refractivity (Wildman–Crippen MR) is 80.8 cm³/mol. The van der Waals surface area contributed by atoms with Crippen LogP contribution in [0.5, 0.6) is 0 Å². The Balaban J connectivity index is 2.47. The molecule has 0 unspecified atom stereocenters. The van der Waals surface area contributed by atoms with E-state index in [0.29, 0.717) is 5.69 Å². The van der Waals surface area contributed by atoms with Gasteiger partial charge in [-0.2, -0.15) is 5.10 Å². The Labute approximate surface area is 125 Å². The van der Waals surface area contributed by atoms with Crippen molar-refractivity contribution in [3.8, 4) is 0 Å². The van der Waals surface area contributed by atoms with E-state index in [1.807, 2.05) is 25.3 Å². The maximum absolute atomic E-state index is 12.4. The Morgan fingerprint density at radius 2 is 2.29 bits per heavy atom. The molecule has 0 saturated carbocycles. The lowest BCUT2D eigenvalue weighted by Gasteiger charge is -2.09. The Kier molecular flexibility index (Phi) is 4.04. The van der Waals surface area contributed by atoms with Crippen LogP contribution in [0.2, 0.25) is 0 Å². The summed E-state index contributed by atoms with van der Waals surface area (Å²) in [5.41, 5.74) is 1.34. The number of halogens is 2. The lowest BCUT2D eigenvalue weighted by atomic mass is 10.1. The summed E-state index contributed by atoms with van der Waals surface area (Å²) in [6.07, 6.45) is 1.67. The minimum Gasteiger partial charge on any atom is -0.287 e. The molecule has 2 rings (SSSR count). The third-order valence-corrected chi connectivity index (χ3v) is 4.65. The normalized spacial score (nSPS) is 11.1. The minimum absolute atomic E-state index is 0.0160. The molecule has 2 heterocycles. The van der Waals surface area contributed by atoms with Crippen LogP contribution >= 0.6 is 49.9 Å². The minimum atomic E-state index is 0.0160. The van der Waals surface area contributed by atoms with Gasteiger partial charge < -0.3 is 0 Å². The number of carbonyl (C=O) groups is 1. The van der Waals surface area contributed by atoms with Gasteiger partial charge in [-0.1, -0.05) is 0 Å². The molecular formula is C11H10BrIN2OS. The van der Waals surface area contributed by atoms with E-state index in [4.69, 9.17) is 0 Å². The van der Waals surface area contributed by atoms with Crippen molar-refractivity contribution >= 4 is 55.6 Å². The number of hydrogen-bond donors (Lipinski definition) is 0. The van der Waals surface area contributed by atoms with Crippen LogP contribution in [-0.2, 0) is 0 Å². The van der Waals surface area contributed by atoms with Gasteiger partial charge in [0.2, 0.25) is 5.78 Å². The van der Waals surface area contributed by atoms with Crippen molar-refractivity contribution in [2.24, 2.45) is 0 Å². The Bertz CT molecular complexity index is 562. The molecule has 0 aliphatic carbocycles. The van der Waals surface area contributed by atoms with Gasteiger partial charge in [0, 0.05) is 17.0 Å². The zero-order valence-corrected chi connectivity index (χ0v) is 13.8. The maximum atomic E-state index is 12.4. The number of rotatable bonds is 3. The van der Waals surface area contributed by atoms with E-state index in [2.05, 4.69) is 43.6 Å². The van der Waals surface area contributed by atoms with Gasteiger partial charge in [-0.25, -0.2) is 0 Å². The first-order valence-electron chi connectivity index (χ1n) is 5.02. The summed E-state index contributed by atoms with van der Waals surface area (Å²) in [6.45, 7) is 4.02. The van der Waals surface area contributed by atoms with Crippen LogP contribution in [0.4, 0.5) is 0 Å². The van der Waals surface area contributed by atoms with Gasteiger partial charge in [0.15, 0.2) is 0 Å². The van der Waals surface area contributed by atoms with Gasteiger partial charge in [-0.3, -0.25) is 9.48 Å². The monoisotopic (exact) mass is 424 g/mol. The lowest BCUT2D eigenvalue weighted by Crippen LogP contribution is -2.13. The van der Waals surface area contributed by atoms with Crippen LogP contribution in [0.25, 0.3) is 0 Å². The summed E-state index contributed by atoms with van der Waals surface area (Å²) >= 11 is 7.17. The summed E-state index contributed by atoms with van der Waals surface area (Å²) in [4.78, 5) is 12.4. The average Bonchev–Trinajstić information content (AvgIpc) is 2.83. The Hall–Kier alpha value is -0.210. The van der Waals surface area contributed by atoms with Gasteiger partial charge in [-0.05, 0) is 58.4 Å². The fraction of sp³-hybridized carbons (Fsp3) is 0.273. The molecule has 0 aliphatic heterocycles. The Morgan fingerprint density at radius 3 is 2.82 bits per heavy atom. The van der Waals surface area contributed by atoms with E-state index in [1.54, 1.807) is 22.2 Å². The summed E-state index contributed by atoms with van der Waals surface area (Å²) in [6, 6.07) is 2.07. The van der Waals surface area contributed by atoms with Gasteiger partial charge in [0.1, 0.15) is 5.69 Å². The first-order valence-corrected chi connectivity index (χ1v) is 7.77. The van der Waals surface area contributed by atoms with Crippen molar-refractivity contribution < 1.29 is 4.79 Å². The molecule has 90 valence electrons. The van der Waals surface area contributed by atoms with Crippen molar-refractivity contribution in [1.29, 1.82) is 0 Å². The van der Waals surface area contributed by atoms with Gasteiger partial charge in [0.05, 0.1) is 13.6 Å². The molecule has 0 bridgehead atoms. The zero-order chi connectivity index (χ0) is 12.6. The number of carbonyl (C=O) groups excluding carboxylic acids is 1. The second-order valence-corrected chi connectivity index (χ2v) is 7.51. The highest BCUT2D eigenvalue weighted by molar-refractivity contribution is 14.1. The van der Waals surface area contributed by atoms with Crippen LogP contribution in [0, 0.1) is 2.88 Å². The van der Waals surface area contributed by atoms with Crippen LogP contribution < -0.4 is 0 Å². The molecule has 0 fully saturated rings. The fourth-order valence-electron chi connectivity index (χ4n) is 1.51. The zero-order valence-electron chi connectivity index (χ0n) is 9.28. The average molecular weight is 425 g/mol. The summed E-state index contributed by atoms with van der Waals surface area (Å²) in [5.74, 6) is 0.0160. The van der Waals surface area contributed by atoms with Crippen LogP contribution in [-0.4, -0.2) is 15.6 Å². The standard InChI is InChI=1S/C11H10BrIN2OS/c1-6(2)15-10(8(12)4-14-15)11(16)7-3-9(13)17-5-7/h3-6H,1-2H3. The molecule has 0 N–H and O–H groups in total. The van der Waals surface area contributed by atoms with Crippen LogP contribution in [0.3, 0.4) is 0 Å². The maximum Gasteiger partial charge on any atom is 0.213 e. The van der Waals surface area contributed by atoms with E-state index in [0.717, 1.165) is 12.9 Å². The van der Waals surface area contributed by atoms with Crippen LogP contribution in [0.1, 0.15) is 35.9 Å². The first kappa shape index (κ1) is 13.2. The molecule has 0 spiro atoms. The third kappa shape index (κ3) is 2.63. The van der Waals surface area contributed by atoms with Crippen molar-refractivity contribution in [3.05, 3.63) is 36.3 Å². The number of hydrogen-bond acceptors (Lipinski definition) is 3. The fourth-order valence-corrected chi connectivity index (χ4v) is 3.29. The highest BCUT2D eigenvalue weighted by Gasteiger charge is 2.21. The van der Waals surface area contributed by atoms with E-state index < -0.39 is 0 Å². The molecule has 0 amide bonds. The molecule has 0 saturated heterocycles. The second-order valence-electron chi connectivity index (χ2n) is 3.85. The number of ketones is 1. The smallest absolute Gasteiger partial charge is 0.213 e. The number of thiophene rings is 1. The Morgan fingerprint density at radius 1 is 1.59 bits per heavy atom. The summed E-state index contributed by atoms with van der Waals surface area (Å²) in [5, 5.41) is 6.10.